The summed E-state index contributed by atoms with van der Waals surface area (Å²) in [6, 6.07) is 0. The second-order valence-electron chi connectivity index (χ2n) is 5.73. The zero-order chi connectivity index (χ0) is 10.3. The molecule has 3 rings (SSSR count). The van der Waals surface area contributed by atoms with Gasteiger partial charge < -0.3 is 0 Å². The summed E-state index contributed by atoms with van der Waals surface area (Å²) in [7, 11) is 0. The normalized spacial score (nSPS) is 45.4. The van der Waals surface area contributed by atoms with E-state index >= 15 is 0 Å². The fraction of sp³-hybridized carbons (Fsp3) is 0.846. The van der Waals surface area contributed by atoms with Gasteiger partial charge in [-0.1, -0.05) is 27.7 Å². The lowest BCUT2D eigenvalue weighted by molar-refractivity contribution is -0.165. The number of rotatable bonds is 0. The van der Waals surface area contributed by atoms with Crippen LogP contribution in [0.1, 0.15) is 47.0 Å². The molecule has 0 unspecified atom stereocenters. The molecule has 3 aliphatic rings. The quantitative estimate of drug-likeness (QED) is 0.496. The maximum atomic E-state index is 4.00. The molecule has 3 aliphatic carbocycles. The van der Waals surface area contributed by atoms with Crippen LogP contribution in [0.2, 0.25) is 0 Å². The molecule has 13 heavy (non-hydrogen) atoms. The molecule has 0 nitrogen and oxygen atoms in total. The Morgan fingerprint density at radius 3 is 1.92 bits per heavy atom. The first-order chi connectivity index (χ1) is 5.96. The third-order valence-electron chi connectivity index (χ3n) is 4.76. The summed E-state index contributed by atoms with van der Waals surface area (Å²) in [5, 5.41) is 0. The second kappa shape index (κ2) is 3.05. The van der Waals surface area contributed by atoms with Crippen LogP contribution in [0.4, 0.5) is 0 Å². The summed E-state index contributed by atoms with van der Waals surface area (Å²) in [4.78, 5) is 0. The lowest BCUT2D eigenvalue weighted by atomic mass is 9.39. The van der Waals surface area contributed by atoms with E-state index in [2.05, 4.69) is 40.5 Å². The van der Waals surface area contributed by atoms with Gasteiger partial charge in [0.05, 0.1) is 0 Å². The first-order valence-electron chi connectivity index (χ1n) is 5.29. The Kier molecular flexibility index (Phi) is 2.50. The van der Waals surface area contributed by atoms with Crippen molar-refractivity contribution >= 4 is 0 Å². The molecule has 0 heterocycles. The molecule has 3 saturated carbocycles. The van der Waals surface area contributed by atoms with Gasteiger partial charge in [0.15, 0.2) is 0 Å². The third-order valence-corrected chi connectivity index (χ3v) is 4.76. The molecule has 0 aromatic heterocycles. The predicted octanol–water partition coefficient (Wildman–Crippen LogP) is 3.72. The van der Waals surface area contributed by atoms with Crippen LogP contribution < -0.4 is 0 Å². The standard InChI is InChI=1S/C11H20.C2H2/c1-8-5-9-7-11(4,6-8)10(9,2)3;1-2/h8-9H,5-7H2,1-4H3;1-2H/t8-,9-,11+;/m0./s1. The highest BCUT2D eigenvalue weighted by molar-refractivity contribution is 5.09. The van der Waals surface area contributed by atoms with Gasteiger partial charge in [-0.3, -0.25) is 0 Å². The third kappa shape index (κ3) is 1.30. The van der Waals surface area contributed by atoms with Crippen LogP contribution in [-0.2, 0) is 0 Å². The lowest BCUT2D eigenvalue weighted by Gasteiger charge is -2.66. The first-order valence-corrected chi connectivity index (χ1v) is 5.29. The number of fused-ring (bicyclic) bond motifs is 2. The Bertz CT molecular complexity index is 209. The van der Waals surface area contributed by atoms with Gasteiger partial charge in [-0.05, 0) is 41.9 Å². The molecule has 0 aliphatic heterocycles. The second-order valence-corrected chi connectivity index (χ2v) is 5.73. The fourth-order valence-electron chi connectivity index (χ4n) is 3.49. The Morgan fingerprint density at radius 2 is 1.62 bits per heavy atom. The van der Waals surface area contributed by atoms with Crippen molar-refractivity contribution in [3.63, 3.8) is 0 Å². The Balaban J connectivity index is 0.000000396. The van der Waals surface area contributed by atoms with Crippen molar-refractivity contribution < 1.29 is 0 Å². The molecule has 0 spiro atoms. The van der Waals surface area contributed by atoms with Crippen LogP contribution in [0.3, 0.4) is 0 Å². The van der Waals surface area contributed by atoms with Crippen LogP contribution in [0.25, 0.3) is 0 Å². The Morgan fingerprint density at radius 1 is 1.08 bits per heavy atom. The van der Waals surface area contributed by atoms with Crippen molar-refractivity contribution in [2.45, 2.75) is 47.0 Å². The first kappa shape index (κ1) is 10.6. The van der Waals surface area contributed by atoms with E-state index in [1.54, 1.807) is 0 Å². The van der Waals surface area contributed by atoms with Crippen LogP contribution >= 0.6 is 0 Å². The highest BCUT2D eigenvalue weighted by Crippen LogP contribution is 2.68. The van der Waals surface area contributed by atoms with Crippen molar-refractivity contribution in [3.8, 4) is 12.8 Å². The maximum Gasteiger partial charge on any atom is -0.0267 e. The molecular weight excluding hydrogens is 156 g/mol. The summed E-state index contributed by atoms with van der Waals surface area (Å²) in [6.45, 7) is 9.83. The molecule has 0 aromatic carbocycles. The lowest BCUT2D eigenvalue weighted by Crippen LogP contribution is -2.57. The summed E-state index contributed by atoms with van der Waals surface area (Å²) >= 11 is 0. The van der Waals surface area contributed by atoms with E-state index < -0.39 is 0 Å². The SMILES string of the molecule is C#C.C[C@H]1C[C@H]2C[C@@](C)(C1)C2(C)C. The molecule has 2 bridgehead atoms. The van der Waals surface area contributed by atoms with E-state index in [4.69, 9.17) is 0 Å². The zero-order valence-corrected chi connectivity index (χ0v) is 9.43. The van der Waals surface area contributed by atoms with Gasteiger partial charge in [0, 0.05) is 0 Å². The number of terminal acetylenes is 1. The molecule has 0 N–H and O–H groups in total. The highest BCUT2D eigenvalue weighted by atomic mass is 14.6. The van der Waals surface area contributed by atoms with Crippen molar-refractivity contribution in [2.75, 3.05) is 0 Å². The Hall–Kier alpha value is -0.440. The van der Waals surface area contributed by atoms with Gasteiger partial charge in [0.1, 0.15) is 0 Å². The van der Waals surface area contributed by atoms with E-state index in [0.29, 0.717) is 10.8 Å². The molecule has 0 radical (unpaired) electrons. The topological polar surface area (TPSA) is 0 Å². The highest BCUT2D eigenvalue weighted by Gasteiger charge is 2.59. The molecule has 0 amide bonds. The summed E-state index contributed by atoms with van der Waals surface area (Å²) in [5.41, 5.74) is 1.34. The van der Waals surface area contributed by atoms with Gasteiger partial charge in [-0.15, -0.1) is 12.8 Å². The van der Waals surface area contributed by atoms with Gasteiger partial charge in [-0.25, -0.2) is 0 Å². The molecular formula is C13H22. The van der Waals surface area contributed by atoms with Crippen molar-refractivity contribution in [1.82, 2.24) is 0 Å². The van der Waals surface area contributed by atoms with Crippen LogP contribution in [0.15, 0.2) is 0 Å². The van der Waals surface area contributed by atoms with Gasteiger partial charge >= 0.3 is 0 Å². The molecule has 3 atom stereocenters. The number of hydrogen-bond acceptors (Lipinski definition) is 0. The van der Waals surface area contributed by atoms with Crippen molar-refractivity contribution in [3.05, 3.63) is 0 Å². The average Bonchev–Trinajstić information content (AvgIpc) is 2.06. The number of hydrogen-bond donors (Lipinski definition) is 0. The zero-order valence-electron chi connectivity index (χ0n) is 9.43. The van der Waals surface area contributed by atoms with Gasteiger partial charge in [0.2, 0.25) is 0 Å². The maximum absolute atomic E-state index is 4.00. The van der Waals surface area contributed by atoms with Gasteiger partial charge in [0.25, 0.3) is 0 Å². The van der Waals surface area contributed by atoms with E-state index in [0.717, 1.165) is 11.8 Å². The molecule has 0 saturated heterocycles. The smallest absolute Gasteiger partial charge is 0.0267 e. The van der Waals surface area contributed by atoms with E-state index in [-0.39, 0.29) is 0 Å². The Labute approximate surface area is 83.1 Å². The fourth-order valence-corrected chi connectivity index (χ4v) is 3.49. The minimum absolute atomic E-state index is 0.652. The van der Waals surface area contributed by atoms with Crippen molar-refractivity contribution in [2.24, 2.45) is 22.7 Å². The monoisotopic (exact) mass is 178 g/mol. The molecule has 0 heteroatoms. The minimum atomic E-state index is 0.652. The minimum Gasteiger partial charge on any atom is -0.124 e. The van der Waals surface area contributed by atoms with Gasteiger partial charge in [-0.2, -0.15) is 0 Å². The van der Waals surface area contributed by atoms with Crippen molar-refractivity contribution in [1.29, 1.82) is 0 Å². The molecule has 3 fully saturated rings. The average molecular weight is 178 g/mol. The summed E-state index contributed by atoms with van der Waals surface area (Å²) in [6.07, 6.45) is 12.5. The summed E-state index contributed by atoms with van der Waals surface area (Å²) in [5.74, 6) is 2.03. The largest absolute Gasteiger partial charge is 0.124 e. The summed E-state index contributed by atoms with van der Waals surface area (Å²) < 4.78 is 0. The van der Waals surface area contributed by atoms with Crippen LogP contribution in [0, 0.1) is 35.5 Å². The van der Waals surface area contributed by atoms with E-state index in [9.17, 15) is 0 Å². The van der Waals surface area contributed by atoms with Crippen LogP contribution in [0.5, 0.6) is 0 Å². The molecule has 0 aromatic rings. The van der Waals surface area contributed by atoms with E-state index in [1.807, 2.05) is 0 Å². The molecule has 74 valence electrons. The van der Waals surface area contributed by atoms with Crippen LogP contribution in [-0.4, -0.2) is 0 Å². The predicted molar refractivity (Wildman–Crippen MR) is 58.3 cm³/mol. The van der Waals surface area contributed by atoms with E-state index in [1.165, 1.54) is 19.3 Å².